The van der Waals surface area contributed by atoms with Crippen molar-refractivity contribution in [1.82, 2.24) is 4.90 Å². The average Bonchev–Trinajstić information content (AvgIpc) is 1.87. The van der Waals surface area contributed by atoms with E-state index in [1.165, 1.54) is 0 Å². The van der Waals surface area contributed by atoms with Gasteiger partial charge >= 0.3 is 0 Å². The summed E-state index contributed by atoms with van der Waals surface area (Å²) in [4.78, 5) is 2.00. The van der Waals surface area contributed by atoms with E-state index in [2.05, 4.69) is 0 Å². The van der Waals surface area contributed by atoms with Crippen LogP contribution in [0.1, 0.15) is 19.8 Å². The van der Waals surface area contributed by atoms with Gasteiger partial charge in [0, 0.05) is 6.61 Å². The second-order valence-corrected chi connectivity index (χ2v) is 2.92. The van der Waals surface area contributed by atoms with E-state index in [1.54, 1.807) is 0 Å². The first-order chi connectivity index (χ1) is 5.04. The highest BCUT2D eigenvalue weighted by molar-refractivity contribution is 4.47. The number of rotatable bonds is 3. The molecule has 0 amide bonds. The van der Waals surface area contributed by atoms with E-state index in [4.69, 9.17) is 10.2 Å². The van der Waals surface area contributed by atoms with Gasteiger partial charge in [-0.25, -0.2) is 0 Å². The van der Waals surface area contributed by atoms with Gasteiger partial charge in [-0.1, -0.05) is 6.92 Å². The van der Waals surface area contributed by atoms with Crippen molar-refractivity contribution in [3.63, 3.8) is 0 Å². The summed E-state index contributed by atoms with van der Waals surface area (Å²) in [6.45, 7) is 1.98. The van der Waals surface area contributed by atoms with Crippen molar-refractivity contribution >= 4 is 0 Å². The fourth-order valence-corrected chi connectivity index (χ4v) is 0.353. The summed E-state index contributed by atoms with van der Waals surface area (Å²) in [6, 6.07) is 0. The SMILES string of the molecule is CCC(O)CCO.CN(C)C. The summed E-state index contributed by atoms with van der Waals surface area (Å²) in [5, 5.41) is 16.9. The molecule has 0 bridgehead atoms. The summed E-state index contributed by atoms with van der Waals surface area (Å²) in [5.74, 6) is 0. The van der Waals surface area contributed by atoms with Crippen LogP contribution < -0.4 is 0 Å². The van der Waals surface area contributed by atoms with E-state index in [-0.39, 0.29) is 12.7 Å². The average molecular weight is 163 g/mol. The molecule has 0 aliphatic carbocycles. The molecule has 3 heteroatoms. The van der Waals surface area contributed by atoms with Crippen LogP contribution in [0.2, 0.25) is 0 Å². The Balaban J connectivity index is 0. The Bertz CT molecular complexity index is 64.4. The van der Waals surface area contributed by atoms with Crippen LogP contribution in [-0.4, -0.2) is 49.0 Å². The predicted molar refractivity (Wildman–Crippen MR) is 47.6 cm³/mol. The number of aliphatic hydroxyl groups is 2. The van der Waals surface area contributed by atoms with E-state index < -0.39 is 0 Å². The lowest BCUT2D eigenvalue weighted by molar-refractivity contribution is 0.129. The van der Waals surface area contributed by atoms with Gasteiger partial charge < -0.3 is 15.1 Å². The van der Waals surface area contributed by atoms with Gasteiger partial charge in [0.05, 0.1) is 6.10 Å². The normalized spacial score (nSPS) is 12.3. The summed E-state index contributed by atoms with van der Waals surface area (Å²) in [5.41, 5.74) is 0. The van der Waals surface area contributed by atoms with Gasteiger partial charge in [-0.05, 0) is 34.0 Å². The summed E-state index contributed by atoms with van der Waals surface area (Å²) in [7, 11) is 6.00. The summed E-state index contributed by atoms with van der Waals surface area (Å²) < 4.78 is 0. The minimum atomic E-state index is -0.301. The molecule has 0 saturated heterocycles. The van der Waals surface area contributed by atoms with Crippen molar-refractivity contribution in [2.24, 2.45) is 0 Å². The molecule has 11 heavy (non-hydrogen) atoms. The predicted octanol–water partition coefficient (Wildman–Crippen LogP) is 0.317. The molecular weight excluding hydrogens is 142 g/mol. The zero-order valence-corrected chi connectivity index (χ0v) is 8.04. The molecule has 70 valence electrons. The first-order valence-electron chi connectivity index (χ1n) is 3.94. The van der Waals surface area contributed by atoms with Crippen LogP contribution in [0.4, 0.5) is 0 Å². The van der Waals surface area contributed by atoms with Crippen molar-refractivity contribution in [2.75, 3.05) is 27.7 Å². The fourth-order valence-electron chi connectivity index (χ4n) is 0.353. The van der Waals surface area contributed by atoms with Gasteiger partial charge in [0.1, 0.15) is 0 Å². The lowest BCUT2D eigenvalue weighted by Crippen LogP contribution is -2.05. The van der Waals surface area contributed by atoms with Crippen LogP contribution in [0.3, 0.4) is 0 Å². The maximum Gasteiger partial charge on any atom is 0.0559 e. The smallest absolute Gasteiger partial charge is 0.0559 e. The number of nitrogens with zero attached hydrogens (tertiary/aromatic N) is 1. The van der Waals surface area contributed by atoms with Crippen LogP contribution in [0, 0.1) is 0 Å². The Morgan fingerprint density at radius 2 is 1.64 bits per heavy atom. The zero-order chi connectivity index (χ0) is 9.28. The molecule has 0 saturated carbocycles. The number of hydrogen-bond donors (Lipinski definition) is 2. The third kappa shape index (κ3) is 25.8. The molecule has 0 aromatic rings. The van der Waals surface area contributed by atoms with Gasteiger partial charge in [0.2, 0.25) is 0 Å². The van der Waals surface area contributed by atoms with Crippen LogP contribution in [0.15, 0.2) is 0 Å². The molecule has 0 aliphatic rings. The molecule has 0 heterocycles. The topological polar surface area (TPSA) is 43.7 Å². The molecule has 0 aromatic carbocycles. The Hall–Kier alpha value is -0.120. The van der Waals surface area contributed by atoms with Crippen molar-refractivity contribution in [1.29, 1.82) is 0 Å². The van der Waals surface area contributed by atoms with Crippen molar-refractivity contribution in [2.45, 2.75) is 25.9 Å². The van der Waals surface area contributed by atoms with Crippen molar-refractivity contribution < 1.29 is 10.2 Å². The van der Waals surface area contributed by atoms with E-state index in [0.717, 1.165) is 6.42 Å². The Labute approximate surface area is 69.6 Å². The van der Waals surface area contributed by atoms with Crippen LogP contribution in [0.5, 0.6) is 0 Å². The van der Waals surface area contributed by atoms with Crippen LogP contribution in [0.25, 0.3) is 0 Å². The molecule has 1 unspecified atom stereocenters. The lowest BCUT2D eigenvalue weighted by Gasteiger charge is -2.01. The minimum absolute atomic E-state index is 0.0923. The minimum Gasteiger partial charge on any atom is -0.396 e. The Morgan fingerprint density at radius 1 is 1.27 bits per heavy atom. The largest absolute Gasteiger partial charge is 0.396 e. The van der Waals surface area contributed by atoms with Crippen molar-refractivity contribution in [3.05, 3.63) is 0 Å². The number of hydrogen-bond acceptors (Lipinski definition) is 3. The molecule has 2 N–H and O–H groups in total. The highest BCUT2D eigenvalue weighted by atomic mass is 16.3. The Morgan fingerprint density at radius 3 is 1.73 bits per heavy atom. The van der Waals surface area contributed by atoms with E-state index in [0.29, 0.717) is 6.42 Å². The third-order valence-electron chi connectivity index (χ3n) is 0.934. The van der Waals surface area contributed by atoms with Gasteiger partial charge in [-0.3, -0.25) is 0 Å². The monoisotopic (exact) mass is 163 g/mol. The highest BCUT2D eigenvalue weighted by Crippen LogP contribution is 1.92. The summed E-state index contributed by atoms with van der Waals surface area (Å²) >= 11 is 0. The quantitative estimate of drug-likeness (QED) is 0.629. The Kier molecular flexibility index (Phi) is 12.1. The summed E-state index contributed by atoms with van der Waals surface area (Å²) in [6.07, 6.45) is 0.946. The molecule has 0 spiro atoms. The van der Waals surface area contributed by atoms with E-state index >= 15 is 0 Å². The molecule has 1 atom stereocenters. The molecule has 0 radical (unpaired) electrons. The van der Waals surface area contributed by atoms with Gasteiger partial charge in [-0.2, -0.15) is 0 Å². The fraction of sp³-hybridized carbons (Fsp3) is 1.00. The molecule has 0 fully saturated rings. The lowest BCUT2D eigenvalue weighted by atomic mass is 10.2. The third-order valence-corrected chi connectivity index (χ3v) is 0.934. The van der Waals surface area contributed by atoms with Crippen molar-refractivity contribution in [3.8, 4) is 0 Å². The molecule has 0 aliphatic heterocycles. The standard InChI is InChI=1S/C5H12O2.C3H9N/c1-2-5(7)3-4-6;1-4(2)3/h5-7H,2-4H2,1H3;1-3H3. The molecule has 0 rings (SSSR count). The second kappa shape index (κ2) is 9.88. The van der Waals surface area contributed by atoms with Crippen LogP contribution >= 0.6 is 0 Å². The number of aliphatic hydroxyl groups excluding tert-OH is 2. The van der Waals surface area contributed by atoms with Crippen LogP contribution in [-0.2, 0) is 0 Å². The zero-order valence-electron chi connectivity index (χ0n) is 8.04. The van der Waals surface area contributed by atoms with Gasteiger partial charge in [0.25, 0.3) is 0 Å². The van der Waals surface area contributed by atoms with Gasteiger partial charge in [0.15, 0.2) is 0 Å². The maximum absolute atomic E-state index is 8.70. The van der Waals surface area contributed by atoms with Gasteiger partial charge in [-0.15, -0.1) is 0 Å². The van der Waals surface area contributed by atoms with E-state index in [9.17, 15) is 0 Å². The molecular formula is C8H21NO2. The first-order valence-corrected chi connectivity index (χ1v) is 3.94. The maximum atomic E-state index is 8.70. The molecule has 0 aromatic heterocycles. The second-order valence-electron chi connectivity index (χ2n) is 2.92. The van der Waals surface area contributed by atoms with E-state index in [1.807, 2.05) is 33.0 Å². The first kappa shape index (κ1) is 13.5. The highest BCUT2D eigenvalue weighted by Gasteiger charge is 1.95. The molecule has 3 nitrogen and oxygen atoms in total.